The summed E-state index contributed by atoms with van der Waals surface area (Å²) in [6.45, 7) is -0.189. The fourth-order valence-corrected chi connectivity index (χ4v) is 2.64. The molecule has 0 spiro atoms. The van der Waals surface area contributed by atoms with Crippen molar-refractivity contribution in [2.24, 2.45) is 0 Å². The van der Waals surface area contributed by atoms with Crippen LogP contribution in [-0.4, -0.2) is 53.7 Å². The topological polar surface area (TPSA) is 83.5 Å². The molecule has 0 fully saturated rings. The first-order valence-electron chi connectivity index (χ1n) is 7.58. The van der Waals surface area contributed by atoms with Gasteiger partial charge in [0.2, 0.25) is 0 Å². The van der Waals surface area contributed by atoms with E-state index in [0.717, 1.165) is 0 Å². The van der Waals surface area contributed by atoms with Crippen molar-refractivity contribution in [2.45, 2.75) is 6.29 Å². The fraction of sp³-hybridized carbons (Fsp3) is 0.412. The molecule has 0 unspecified atom stereocenters. The van der Waals surface area contributed by atoms with Crippen LogP contribution in [0.1, 0.15) is 11.9 Å². The second-order valence-corrected chi connectivity index (χ2v) is 5.22. The minimum Gasteiger partial charge on any atom is -0.466 e. The Labute approximate surface area is 150 Å². The lowest BCUT2D eigenvalue weighted by atomic mass is 10.1. The monoisotopic (exact) mass is 369 g/mol. The highest BCUT2D eigenvalue weighted by Gasteiger charge is 2.34. The number of esters is 2. The molecule has 26 heavy (non-hydrogen) atoms. The highest BCUT2D eigenvalue weighted by molar-refractivity contribution is 6.03. The van der Waals surface area contributed by atoms with Crippen molar-refractivity contribution in [2.75, 3.05) is 46.7 Å². The summed E-state index contributed by atoms with van der Waals surface area (Å²) in [4.78, 5) is 25.8. The SMILES string of the molecule is COC(=O)C1=C(C(=O)OC)N(c2ccc(F)cc2C(OC)OC)COC1. The van der Waals surface area contributed by atoms with E-state index in [2.05, 4.69) is 0 Å². The molecule has 0 radical (unpaired) electrons. The average molecular weight is 369 g/mol. The summed E-state index contributed by atoms with van der Waals surface area (Å²) in [6, 6.07) is 3.86. The highest BCUT2D eigenvalue weighted by atomic mass is 19.1. The van der Waals surface area contributed by atoms with E-state index in [4.69, 9.17) is 23.7 Å². The Morgan fingerprint density at radius 3 is 2.35 bits per heavy atom. The second kappa shape index (κ2) is 8.75. The molecule has 1 heterocycles. The normalized spacial score (nSPS) is 14.6. The van der Waals surface area contributed by atoms with E-state index in [9.17, 15) is 14.0 Å². The van der Waals surface area contributed by atoms with Crippen LogP contribution in [0.5, 0.6) is 0 Å². The van der Waals surface area contributed by atoms with Gasteiger partial charge in [0.25, 0.3) is 0 Å². The molecule has 1 aromatic carbocycles. The van der Waals surface area contributed by atoms with Crippen molar-refractivity contribution in [3.05, 3.63) is 40.8 Å². The van der Waals surface area contributed by atoms with E-state index >= 15 is 0 Å². The maximum atomic E-state index is 13.8. The van der Waals surface area contributed by atoms with Gasteiger partial charge in [0.1, 0.15) is 18.2 Å². The maximum Gasteiger partial charge on any atom is 0.355 e. The van der Waals surface area contributed by atoms with Gasteiger partial charge >= 0.3 is 11.9 Å². The molecule has 0 aliphatic carbocycles. The molecule has 2 rings (SSSR count). The molecule has 0 amide bonds. The van der Waals surface area contributed by atoms with Crippen molar-refractivity contribution in [3.8, 4) is 0 Å². The summed E-state index contributed by atoms with van der Waals surface area (Å²) in [7, 11) is 5.17. The predicted octanol–water partition coefficient (Wildman–Crippen LogP) is 1.51. The number of ether oxygens (including phenoxy) is 5. The Kier molecular flexibility index (Phi) is 6.67. The van der Waals surface area contributed by atoms with Crippen LogP contribution in [0.25, 0.3) is 0 Å². The van der Waals surface area contributed by atoms with Gasteiger partial charge in [0, 0.05) is 19.8 Å². The molecule has 8 nitrogen and oxygen atoms in total. The van der Waals surface area contributed by atoms with Gasteiger partial charge in [0.05, 0.1) is 32.1 Å². The van der Waals surface area contributed by atoms with Gasteiger partial charge in [0.15, 0.2) is 6.29 Å². The minimum absolute atomic E-state index is 0.00717. The third kappa shape index (κ3) is 3.85. The summed E-state index contributed by atoms with van der Waals surface area (Å²) in [5.74, 6) is -2.00. The van der Waals surface area contributed by atoms with Crippen LogP contribution < -0.4 is 4.90 Å². The van der Waals surface area contributed by atoms with Gasteiger partial charge in [-0.2, -0.15) is 0 Å². The summed E-state index contributed by atoms with van der Waals surface area (Å²) in [5.41, 5.74) is 0.615. The van der Waals surface area contributed by atoms with Gasteiger partial charge in [-0.25, -0.2) is 14.0 Å². The molecule has 0 aromatic heterocycles. The first-order valence-corrected chi connectivity index (χ1v) is 7.58. The number of hydrogen-bond donors (Lipinski definition) is 0. The van der Waals surface area contributed by atoms with Crippen LogP contribution in [0.3, 0.4) is 0 Å². The van der Waals surface area contributed by atoms with E-state index in [-0.39, 0.29) is 24.6 Å². The van der Waals surface area contributed by atoms with Crippen LogP contribution in [-0.2, 0) is 33.3 Å². The number of carbonyl (C=O) groups excluding carboxylic acids is 2. The van der Waals surface area contributed by atoms with Gasteiger partial charge in [-0.05, 0) is 18.2 Å². The van der Waals surface area contributed by atoms with Crippen molar-refractivity contribution in [1.29, 1.82) is 0 Å². The van der Waals surface area contributed by atoms with Crippen LogP contribution in [0.2, 0.25) is 0 Å². The van der Waals surface area contributed by atoms with E-state index in [0.29, 0.717) is 11.3 Å². The average Bonchev–Trinajstić information content (AvgIpc) is 2.67. The van der Waals surface area contributed by atoms with Gasteiger partial charge < -0.3 is 28.6 Å². The number of rotatable bonds is 6. The zero-order chi connectivity index (χ0) is 19.3. The summed E-state index contributed by atoms with van der Waals surface area (Å²) < 4.78 is 39.1. The fourth-order valence-electron chi connectivity index (χ4n) is 2.64. The molecule has 142 valence electrons. The Morgan fingerprint density at radius 1 is 1.12 bits per heavy atom. The van der Waals surface area contributed by atoms with Crippen LogP contribution >= 0.6 is 0 Å². The van der Waals surface area contributed by atoms with Gasteiger partial charge in [-0.1, -0.05) is 0 Å². The lowest BCUT2D eigenvalue weighted by Gasteiger charge is -2.33. The Bertz CT molecular complexity index is 715. The lowest BCUT2D eigenvalue weighted by molar-refractivity contribution is -0.140. The smallest absolute Gasteiger partial charge is 0.355 e. The zero-order valence-electron chi connectivity index (χ0n) is 14.9. The highest BCUT2D eigenvalue weighted by Crippen LogP contribution is 2.34. The number of anilines is 1. The summed E-state index contributed by atoms with van der Waals surface area (Å²) in [6.07, 6.45) is -0.900. The third-order valence-corrected chi connectivity index (χ3v) is 3.80. The van der Waals surface area contributed by atoms with E-state index in [1.165, 1.54) is 51.5 Å². The van der Waals surface area contributed by atoms with E-state index in [1.807, 2.05) is 0 Å². The van der Waals surface area contributed by atoms with Gasteiger partial charge in [-0.15, -0.1) is 0 Å². The van der Waals surface area contributed by atoms with Gasteiger partial charge in [-0.3, -0.25) is 0 Å². The Hall–Kier alpha value is -2.49. The van der Waals surface area contributed by atoms with E-state index in [1.54, 1.807) is 0 Å². The van der Waals surface area contributed by atoms with Crippen LogP contribution in [0.4, 0.5) is 10.1 Å². The Balaban J connectivity index is 2.65. The predicted molar refractivity (Wildman–Crippen MR) is 87.5 cm³/mol. The maximum absolute atomic E-state index is 13.8. The second-order valence-electron chi connectivity index (χ2n) is 5.22. The molecular formula is C17H20FNO7. The molecule has 0 atom stereocenters. The standard InChI is InChI=1S/C17H20FNO7/c1-22-15(20)12-8-26-9-19(14(12)16(21)23-2)13-6-5-10(18)7-11(13)17(24-3)25-4/h5-7,17H,8-9H2,1-4H3. The quantitative estimate of drug-likeness (QED) is 0.551. The number of benzene rings is 1. The molecular weight excluding hydrogens is 349 g/mol. The zero-order valence-corrected chi connectivity index (χ0v) is 14.9. The molecule has 0 N–H and O–H groups in total. The molecule has 0 saturated carbocycles. The largest absolute Gasteiger partial charge is 0.466 e. The van der Waals surface area contributed by atoms with Crippen LogP contribution in [0.15, 0.2) is 29.5 Å². The first kappa shape index (κ1) is 19.8. The van der Waals surface area contributed by atoms with Crippen molar-refractivity contribution < 1.29 is 37.7 Å². The molecule has 1 aliphatic heterocycles. The number of methoxy groups -OCH3 is 4. The minimum atomic E-state index is -0.900. The third-order valence-electron chi connectivity index (χ3n) is 3.80. The molecule has 0 saturated heterocycles. The number of nitrogens with zero attached hydrogens (tertiary/aromatic N) is 1. The van der Waals surface area contributed by atoms with E-state index < -0.39 is 24.0 Å². The number of hydrogen-bond acceptors (Lipinski definition) is 8. The molecule has 1 aliphatic rings. The van der Waals surface area contributed by atoms with Crippen molar-refractivity contribution >= 4 is 17.6 Å². The first-order chi connectivity index (χ1) is 12.5. The number of halogens is 1. The van der Waals surface area contributed by atoms with Crippen LogP contribution in [0, 0.1) is 5.82 Å². The molecule has 9 heteroatoms. The van der Waals surface area contributed by atoms with Crippen molar-refractivity contribution in [3.63, 3.8) is 0 Å². The van der Waals surface area contributed by atoms with Crippen molar-refractivity contribution in [1.82, 2.24) is 0 Å². The summed E-state index contributed by atoms with van der Waals surface area (Å²) >= 11 is 0. The molecule has 0 bridgehead atoms. The Morgan fingerprint density at radius 2 is 1.77 bits per heavy atom. The number of carbonyl (C=O) groups is 2. The summed E-state index contributed by atoms with van der Waals surface area (Å²) in [5, 5.41) is 0. The molecule has 1 aromatic rings. The lowest BCUT2D eigenvalue weighted by Crippen LogP contribution is -2.39.